The second-order valence-corrected chi connectivity index (χ2v) is 6.31. The molecule has 0 amide bonds. The molecule has 0 heterocycles. The van der Waals surface area contributed by atoms with Gasteiger partial charge in [0.1, 0.15) is 12.4 Å². The third-order valence-electron chi connectivity index (χ3n) is 4.75. The summed E-state index contributed by atoms with van der Waals surface area (Å²) >= 11 is 0. The largest absolute Gasteiger partial charge is 0.490 e. The van der Waals surface area contributed by atoms with Crippen molar-refractivity contribution in [3.05, 3.63) is 42.0 Å². The average Bonchev–Trinajstić information content (AvgIpc) is 2.54. The fraction of sp³-hybridized carbons (Fsp3) is 0.600. The van der Waals surface area contributed by atoms with Crippen molar-refractivity contribution in [3.8, 4) is 5.75 Å². The van der Waals surface area contributed by atoms with E-state index in [-0.39, 0.29) is 0 Å². The maximum atomic E-state index is 5.66. The van der Waals surface area contributed by atoms with Crippen LogP contribution in [0.25, 0.3) is 0 Å². The van der Waals surface area contributed by atoms with E-state index in [1.165, 1.54) is 50.5 Å². The molecular weight excluding hydrogens is 256 g/mol. The topological polar surface area (TPSA) is 9.23 Å². The molecule has 116 valence electrons. The van der Waals surface area contributed by atoms with Crippen molar-refractivity contribution in [1.29, 1.82) is 0 Å². The normalized spacial score (nSPS) is 22.6. The lowest BCUT2D eigenvalue weighted by Gasteiger charge is -2.28. The van der Waals surface area contributed by atoms with E-state index in [0.717, 1.165) is 17.6 Å². The first-order valence-corrected chi connectivity index (χ1v) is 8.67. The fourth-order valence-corrected chi connectivity index (χ4v) is 3.35. The van der Waals surface area contributed by atoms with Gasteiger partial charge < -0.3 is 4.74 Å². The van der Waals surface area contributed by atoms with E-state index in [9.17, 15) is 0 Å². The number of benzene rings is 1. The molecule has 1 heteroatoms. The Kier molecular flexibility index (Phi) is 6.85. The lowest BCUT2D eigenvalue weighted by atomic mass is 9.77. The summed E-state index contributed by atoms with van der Waals surface area (Å²) in [6, 6.07) is 8.79. The number of rotatable bonds is 7. The van der Waals surface area contributed by atoms with Crippen LogP contribution in [-0.2, 0) is 0 Å². The van der Waals surface area contributed by atoms with E-state index in [4.69, 9.17) is 4.74 Å². The van der Waals surface area contributed by atoms with E-state index < -0.39 is 0 Å². The lowest BCUT2D eigenvalue weighted by Crippen LogP contribution is -2.13. The zero-order valence-electron chi connectivity index (χ0n) is 13.7. The Balaban J connectivity index is 1.80. The second kappa shape index (κ2) is 8.92. The van der Waals surface area contributed by atoms with Crippen LogP contribution in [0, 0.1) is 5.92 Å². The summed E-state index contributed by atoms with van der Waals surface area (Å²) in [5.41, 5.74) is 1.50. The van der Waals surface area contributed by atoms with Gasteiger partial charge in [0.15, 0.2) is 0 Å². The van der Waals surface area contributed by atoms with Crippen LogP contribution < -0.4 is 4.74 Å². The molecule has 0 radical (unpaired) electrons. The van der Waals surface area contributed by atoms with Crippen molar-refractivity contribution in [1.82, 2.24) is 0 Å². The maximum absolute atomic E-state index is 5.66. The minimum Gasteiger partial charge on any atom is -0.490 e. The highest BCUT2D eigenvalue weighted by Crippen LogP contribution is 2.38. The highest BCUT2D eigenvalue weighted by atomic mass is 16.5. The fourth-order valence-electron chi connectivity index (χ4n) is 3.35. The summed E-state index contributed by atoms with van der Waals surface area (Å²) in [6.45, 7) is 4.98. The monoisotopic (exact) mass is 286 g/mol. The molecule has 0 spiro atoms. The maximum Gasteiger partial charge on any atom is 0.119 e. The van der Waals surface area contributed by atoms with Gasteiger partial charge in [0, 0.05) is 0 Å². The van der Waals surface area contributed by atoms with Gasteiger partial charge in [-0.15, -0.1) is 0 Å². The zero-order valence-corrected chi connectivity index (χ0v) is 13.7. The molecule has 0 aromatic heterocycles. The molecule has 0 N–H and O–H groups in total. The van der Waals surface area contributed by atoms with Gasteiger partial charge in [-0.2, -0.15) is 0 Å². The SMILES string of the molecule is C/C=C/COc1ccc(C2CCC(CCCC)CC2)cc1. The Bertz CT molecular complexity index is 410. The van der Waals surface area contributed by atoms with Crippen molar-refractivity contribution in [2.45, 2.75) is 64.7 Å². The van der Waals surface area contributed by atoms with E-state index in [1.807, 2.05) is 19.1 Å². The molecular formula is C20H30O. The third kappa shape index (κ3) is 5.22. The van der Waals surface area contributed by atoms with E-state index in [1.54, 1.807) is 0 Å². The summed E-state index contributed by atoms with van der Waals surface area (Å²) in [6.07, 6.45) is 13.8. The van der Waals surface area contributed by atoms with Crippen LogP contribution in [0.15, 0.2) is 36.4 Å². The number of hydrogen-bond donors (Lipinski definition) is 0. The molecule has 1 aliphatic rings. The summed E-state index contributed by atoms with van der Waals surface area (Å²) in [4.78, 5) is 0. The average molecular weight is 286 g/mol. The first-order valence-electron chi connectivity index (χ1n) is 8.67. The van der Waals surface area contributed by atoms with Crippen LogP contribution >= 0.6 is 0 Å². The summed E-state index contributed by atoms with van der Waals surface area (Å²) in [5, 5.41) is 0. The Morgan fingerprint density at radius 2 is 1.81 bits per heavy atom. The predicted molar refractivity (Wildman–Crippen MR) is 91.0 cm³/mol. The molecule has 0 unspecified atom stereocenters. The first kappa shape index (κ1) is 16.1. The van der Waals surface area contributed by atoms with Crippen molar-refractivity contribution in [2.24, 2.45) is 5.92 Å². The van der Waals surface area contributed by atoms with E-state index in [2.05, 4.69) is 31.2 Å². The molecule has 1 nitrogen and oxygen atoms in total. The number of unbranched alkanes of at least 4 members (excludes halogenated alkanes) is 1. The van der Waals surface area contributed by atoms with Gasteiger partial charge in [-0.3, -0.25) is 0 Å². The molecule has 1 aliphatic carbocycles. The quantitative estimate of drug-likeness (QED) is 0.550. The van der Waals surface area contributed by atoms with Gasteiger partial charge in [0.05, 0.1) is 0 Å². The molecule has 0 atom stereocenters. The lowest BCUT2D eigenvalue weighted by molar-refractivity contribution is 0.304. The first-order chi connectivity index (χ1) is 10.3. The predicted octanol–water partition coefficient (Wildman–Crippen LogP) is 6.11. The molecule has 0 saturated heterocycles. The molecule has 1 aromatic rings. The van der Waals surface area contributed by atoms with Crippen LogP contribution in [0.1, 0.15) is 70.3 Å². The highest BCUT2D eigenvalue weighted by Gasteiger charge is 2.21. The van der Waals surface area contributed by atoms with Crippen LogP contribution in [0.2, 0.25) is 0 Å². The van der Waals surface area contributed by atoms with Crippen LogP contribution in [0.5, 0.6) is 5.75 Å². The molecule has 0 bridgehead atoms. The van der Waals surface area contributed by atoms with Crippen molar-refractivity contribution < 1.29 is 4.74 Å². The molecule has 1 aromatic carbocycles. The second-order valence-electron chi connectivity index (χ2n) is 6.31. The molecule has 2 rings (SSSR count). The van der Waals surface area contributed by atoms with Crippen molar-refractivity contribution in [3.63, 3.8) is 0 Å². The van der Waals surface area contributed by atoms with Crippen LogP contribution in [-0.4, -0.2) is 6.61 Å². The molecule has 0 aliphatic heterocycles. The van der Waals surface area contributed by atoms with Gasteiger partial charge in [-0.05, 0) is 62.1 Å². The summed E-state index contributed by atoms with van der Waals surface area (Å²) in [5.74, 6) is 2.74. The molecule has 1 fully saturated rings. The third-order valence-corrected chi connectivity index (χ3v) is 4.75. The van der Waals surface area contributed by atoms with E-state index >= 15 is 0 Å². The number of ether oxygens (including phenoxy) is 1. The Labute approximate surface area is 130 Å². The molecule has 1 saturated carbocycles. The summed E-state index contributed by atoms with van der Waals surface area (Å²) in [7, 11) is 0. The van der Waals surface area contributed by atoms with Gasteiger partial charge in [0.2, 0.25) is 0 Å². The van der Waals surface area contributed by atoms with Crippen molar-refractivity contribution >= 4 is 0 Å². The number of hydrogen-bond acceptors (Lipinski definition) is 1. The van der Waals surface area contributed by atoms with Crippen LogP contribution in [0.4, 0.5) is 0 Å². The van der Waals surface area contributed by atoms with Gasteiger partial charge in [-0.1, -0.05) is 50.5 Å². The highest BCUT2D eigenvalue weighted by molar-refractivity contribution is 5.29. The van der Waals surface area contributed by atoms with Crippen LogP contribution in [0.3, 0.4) is 0 Å². The summed E-state index contributed by atoms with van der Waals surface area (Å²) < 4.78 is 5.66. The standard InChI is InChI=1S/C20H30O/c1-3-5-7-17-8-10-18(11-9-17)19-12-14-20(15-13-19)21-16-6-4-2/h4,6,12-15,17-18H,3,5,7-11,16H2,1-2H3/b6-4+. The van der Waals surface area contributed by atoms with Gasteiger partial charge >= 0.3 is 0 Å². The number of allylic oxidation sites excluding steroid dienone is 1. The van der Waals surface area contributed by atoms with E-state index in [0.29, 0.717) is 6.61 Å². The van der Waals surface area contributed by atoms with Gasteiger partial charge in [0.25, 0.3) is 0 Å². The Morgan fingerprint density at radius 1 is 1.10 bits per heavy atom. The minimum atomic E-state index is 0.665. The Hall–Kier alpha value is -1.24. The van der Waals surface area contributed by atoms with Crippen molar-refractivity contribution in [2.75, 3.05) is 6.61 Å². The minimum absolute atomic E-state index is 0.665. The Morgan fingerprint density at radius 3 is 2.43 bits per heavy atom. The zero-order chi connectivity index (χ0) is 14.9. The molecule has 21 heavy (non-hydrogen) atoms. The smallest absolute Gasteiger partial charge is 0.119 e. The van der Waals surface area contributed by atoms with Gasteiger partial charge in [-0.25, -0.2) is 0 Å².